The maximum Gasteiger partial charge on any atom is 0.226 e. The van der Waals surface area contributed by atoms with Gasteiger partial charge in [0.2, 0.25) is 11.8 Å². The molecular formula is C10H18N4O. The third-order valence-electron chi connectivity index (χ3n) is 1.74. The van der Waals surface area contributed by atoms with Crippen molar-refractivity contribution in [2.24, 2.45) is 5.73 Å². The number of anilines is 1. The quantitative estimate of drug-likeness (QED) is 0.773. The number of hydrogen-bond acceptors (Lipinski definition) is 5. The third-order valence-corrected chi connectivity index (χ3v) is 1.74. The molecule has 1 aromatic heterocycles. The summed E-state index contributed by atoms with van der Waals surface area (Å²) in [6.07, 6.45) is 0. The Hall–Kier alpha value is -1.36. The number of hydrogen-bond donors (Lipinski definition) is 2. The van der Waals surface area contributed by atoms with Gasteiger partial charge in [-0.1, -0.05) is 0 Å². The Labute approximate surface area is 90.1 Å². The molecule has 0 radical (unpaired) electrons. The Balaban J connectivity index is 2.73. The van der Waals surface area contributed by atoms with Crippen molar-refractivity contribution in [3.63, 3.8) is 0 Å². The third kappa shape index (κ3) is 4.12. The monoisotopic (exact) mass is 210 g/mol. The molecule has 0 saturated carbocycles. The van der Waals surface area contributed by atoms with Gasteiger partial charge in [-0.2, -0.15) is 4.98 Å². The van der Waals surface area contributed by atoms with Gasteiger partial charge >= 0.3 is 0 Å². The van der Waals surface area contributed by atoms with Crippen molar-refractivity contribution >= 4 is 5.95 Å². The Morgan fingerprint density at radius 2 is 2.13 bits per heavy atom. The molecule has 0 amide bonds. The largest absolute Gasteiger partial charge is 0.481 e. The topological polar surface area (TPSA) is 73.1 Å². The van der Waals surface area contributed by atoms with Crippen molar-refractivity contribution in [1.29, 1.82) is 0 Å². The van der Waals surface area contributed by atoms with Crippen LogP contribution in [0.15, 0.2) is 6.07 Å². The lowest BCUT2D eigenvalue weighted by atomic mass is 10.1. The fourth-order valence-electron chi connectivity index (χ4n) is 1.03. The number of methoxy groups -OCH3 is 1. The zero-order chi connectivity index (χ0) is 11.5. The maximum absolute atomic E-state index is 5.84. The van der Waals surface area contributed by atoms with Gasteiger partial charge in [-0.3, -0.25) is 0 Å². The van der Waals surface area contributed by atoms with Crippen LogP contribution in [-0.4, -0.2) is 29.2 Å². The van der Waals surface area contributed by atoms with E-state index in [-0.39, 0.29) is 5.54 Å². The number of aromatic nitrogens is 2. The van der Waals surface area contributed by atoms with E-state index in [1.165, 1.54) is 0 Å². The van der Waals surface area contributed by atoms with Gasteiger partial charge in [-0.15, -0.1) is 0 Å². The summed E-state index contributed by atoms with van der Waals surface area (Å²) in [5.74, 6) is 1.10. The summed E-state index contributed by atoms with van der Waals surface area (Å²) in [6.45, 7) is 6.38. The van der Waals surface area contributed by atoms with Crippen LogP contribution < -0.4 is 15.8 Å². The molecule has 0 saturated heterocycles. The van der Waals surface area contributed by atoms with Crippen LogP contribution in [0.3, 0.4) is 0 Å². The van der Waals surface area contributed by atoms with Gasteiger partial charge in [0.05, 0.1) is 7.11 Å². The number of aryl methyl sites for hydroxylation is 1. The van der Waals surface area contributed by atoms with E-state index in [1.54, 1.807) is 13.2 Å². The van der Waals surface area contributed by atoms with Gasteiger partial charge in [0.1, 0.15) is 0 Å². The smallest absolute Gasteiger partial charge is 0.226 e. The average molecular weight is 210 g/mol. The predicted molar refractivity (Wildman–Crippen MR) is 60.1 cm³/mol. The zero-order valence-corrected chi connectivity index (χ0v) is 9.66. The van der Waals surface area contributed by atoms with Crippen molar-refractivity contribution in [2.75, 3.05) is 19.0 Å². The minimum atomic E-state index is -0.291. The molecule has 15 heavy (non-hydrogen) atoms. The molecule has 0 aliphatic rings. The number of nitrogens with two attached hydrogens (primary N) is 1. The first-order valence-electron chi connectivity index (χ1n) is 4.83. The van der Waals surface area contributed by atoms with Crippen LogP contribution in [0.2, 0.25) is 0 Å². The average Bonchev–Trinajstić information content (AvgIpc) is 2.13. The number of rotatable bonds is 4. The summed E-state index contributed by atoms with van der Waals surface area (Å²) >= 11 is 0. The van der Waals surface area contributed by atoms with Crippen LogP contribution in [0.4, 0.5) is 5.95 Å². The van der Waals surface area contributed by atoms with E-state index in [4.69, 9.17) is 10.5 Å². The first-order valence-corrected chi connectivity index (χ1v) is 4.83. The molecule has 0 spiro atoms. The summed E-state index contributed by atoms with van der Waals surface area (Å²) in [5, 5.41) is 3.07. The molecule has 5 heteroatoms. The molecule has 1 heterocycles. The van der Waals surface area contributed by atoms with Crippen molar-refractivity contribution in [2.45, 2.75) is 26.3 Å². The second-order valence-corrected chi connectivity index (χ2v) is 4.22. The number of nitrogens with one attached hydrogen (secondary N) is 1. The van der Waals surface area contributed by atoms with Crippen molar-refractivity contribution in [1.82, 2.24) is 9.97 Å². The molecule has 1 aromatic rings. The minimum Gasteiger partial charge on any atom is -0.481 e. The fraction of sp³-hybridized carbons (Fsp3) is 0.600. The predicted octanol–water partition coefficient (Wildman–Crippen LogP) is 0.943. The van der Waals surface area contributed by atoms with E-state index < -0.39 is 0 Å². The molecule has 5 nitrogen and oxygen atoms in total. The van der Waals surface area contributed by atoms with Crippen LogP contribution in [0.5, 0.6) is 5.88 Å². The molecule has 3 N–H and O–H groups in total. The lowest BCUT2D eigenvalue weighted by molar-refractivity contribution is 0.396. The number of nitrogens with zero attached hydrogens (tertiary/aromatic N) is 2. The van der Waals surface area contributed by atoms with Crippen LogP contribution in [0.25, 0.3) is 0 Å². The summed E-state index contributed by atoms with van der Waals surface area (Å²) < 4.78 is 5.05. The summed E-state index contributed by atoms with van der Waals surface area (Å²) in [6, 6.07) is 1.78. The van der Waals surface area contributed by atoms with Gasteiger partial charge < -0.3 is 15.8 Å². The minimum absolute atomic E-state index is 0.291. The molecular weight excluding hydrogens is 192 g/mol. The van der Waals surface area contributed by atoms with Crippen LogP contribution >= 0.6 is 0 Å². The molecule has 84 valence electrons. The van der Waals surface area contributed by atoms with Crippen molar-refractivity contribution < 1.29 is 4.74 Å². The SMILES string of the molecule is COc1cc(C)nc(NCC(C)(C)N)n1. The molecule has 0 aromatic carbocycles. The highest BCUT2D eigenvalue weighted by Gasteiger charge is 2.11. The lowest BCUT2D eigenvalue weighted by Crippen LogP contribution is -2.40. The first kappa shape index (κ1) is 11.7. The second-order valence-electron chi connectivity index (χ2n) is 4.22. The molecule has 0 unspecified atom stereocenters. The Kier molecular flexibility index (Phi) is 3.47. The van der Waals surface area contributed by atoms with Gasteiger partial charge in [0.15, 0.2) is 0 Å². The van der Waals surface area contributed by atoms with E-state index in [9.17, 15) is 0 Å². The molecule has 0 bridgehead atoms. The normalized spacial score (nSPS) is 11.3. The Bertz CT molecular complexity index is 333. The van der Waals surface area contributed by atoms with E-state index in [0.717, 1.165) is 5.69 Å². The fourth-order valence-corrected chi connectivity index (χ4v) is 1.03. The molecule has 0 fully saturated rings. The first-order chi connectivity index (χ1) is 6.90. The van der Waals surface area contributed by atoms with Crippen molar-refractivity contribution in [3.8, 4) is 5.88 Å². The van der Waals surface area contributed by atoms with Gasteiger partial charge in [-0.05, 0) is 20.8 Å². The van der Waals surface area contributed by atoms with E-state index in [1.807, 2.05) is 20.8 Å². The Morgan fingerprint density at radius 1 is 1.47 bits per heavy atom. The summed E-state index contributed by atoms with van der Waals surface area (Å²) in [5.41, 5.74) is 6.41. The zero-order valence-electron chi connectivity index (χ0n) is 9.66. The molecule has 1 rings (SSSR count). The van der Waals surface area contributed by atoms with Crippen LogP contribution in [0.1, 0.15) is 19.5 Å². The molecule has 0 aliphatic heterocycles. The van der Waals surface area contributed by atoms with Gasteiger partial charge in [0, 0.05) is 23.8 Å². The molecule has 0 aliphatic carbocycles. The van der Waals surface area contributed by atoms with Crippen molar-refractivity contribution in [3.05, 3.63) is 11.8 Å². The van der Waals surface area contributed by atoms with Gasteiger partial charge in [-0.25, -0.2) is 4.98 Å². The van der Waals surface area contributed by atoms with E-state index in [2.05, 4.69) is 15.3 Å². The van der Waals surface area contributed by atoms with E-state index in [0.29, 0.717) is 18.4 Å². The van der Waals surface area contributed by atoms with Crippen LogP contribution in [-0.2, 0) is 0 Å². The summed E-state index contributed by atoms with van der Waals surface area (Å²) in [4.78, 5) is 8.38. The second kappa shape index (κ2) is 4.44. The highest BCUT2D eigenvalue weighted by molar-refractivity contribution is 5.31. The number of ether oxygens (including phenoxy) is 1. The Morgan fingerprint density at radius 3 is 2.67 bits per heavy atom. The summed E-state index contributed by atoms with van der Waals surface area (Å²) in [7, 11) is 1.58. The highest BCUT2D eigenvalue weighted by atomic mass is 16.5. The van der Waals surface area contributed by atoms with Gasteiger partial charge in [0.25, 0.3) is 0 Å². The maximum atomic E-state index is 5.84. The highest BCUT2D eigenvalue weighted by Crippen LogP contribution is 2.11. The van der Waals surface area contributed by atoms with E-state index >= 15 is 0 Å². The van der Waals surface area contributed by atoms with Crippen LogP contribution in [0, 0.1) is 6.92 Å². The lowest BCUT2D eigenvalue weighted by Gasteiger charge is -2.19. The standard InChI is InChI=1S/C10H18N4O/c1-7-5-8(15-4)14-9(13-7)12-6-10(2,3)11/h5H,6,11H2,1-4H3,(H,12,13,14). The molecule has 0 atom stereocenters.